The average Bonchev–Trinajstić information content (AvgIpc) is 3.39. The first-order valence-electron chi connectivity index (χ1n) is 29.0. The maximum absolute atomic E-state index is 13.3. The van der Waals surface area contributed by atoms with E-state index in [2.05, 4.69) is 40.2 Å². The van der Waals surface area contributed by atoms with Crippen molar-refractivity contribution in [3.05, 3.63) is 208 Å². The van der Waals surface area contributed by atoms with Crippen molar-refractivity contribution in [2.45, 2.75) is 126 Å². The van der Waals surface area contributed by atoms with Crippen LogP contribution in [0.1, 0.15) is 136 Å². The Labute approximate surface area is 489 Å². The lowest BCUT2D eigenvalue weighted by Crippen LogP contribution is -2.53. The third kappa shape index (κ3) is 16.0. The number of Topliss-reactive ketones (excluding diaryl/α,β-unsaturated/α-hetero) is 2. The number of aliphatic hydroxyl groups excluding tert-OH is 1. The number of piperidine rings is 2. The molecule has 2 aliphatic heterocycles. The van der Waals surface area contributed by atoms with E-state index < -0.39 is 47.0 Å². The van der Waals surface area contributed by atoms with Crippen LogP contribution in [0.5, 0.6) is 0 Å². The van der Waals surface area contributed by atoms with Gasteiger partial charge in [-0.15, -0.1) is 0 Å². The van der Waals surface area contributed by atoms with Crippen LogP contribution >= 0.6 is 0 Å². The molecule has 2 saturated heterocycles. The normalized spacial score (nSPS) is 16.7. The third-order valence-corrected chi connectivity index (χ3v) is 16.5. The Balaban J connectivity index is 0.000000202. The highest BCUT2D eigenvalue weighted by Gasteiger charge is 2.46. The molecule has 6 aromatic carbocycles. The van der Waals surface area contributed by atoms with Crippen LogP contribution in [0.25, 0.3) is 0 Å². The van der Waals surface area contributed by atoms with Crippen molar-refractivity contribution in [3.8, 4) is 0 Å². The summed E-state index contributed by atoms with van der Waals surface area (Å²) in [6, 6.07) is 48.8. The summed E-state index contributed by atoms with van der Waals surface area (Å²) in [4.78, 5) is 91.7. The van der Waals surface area contributed by atoms with Crippen molar-refractivity contribution in [3.63, 3.8) is 0 Å². The zero-order chi connectivity index (χ0) is 59.1. The van der Waals surface area contributed by atoms with Gasteiger partial charge in [0, 0.05) is 62.5 Å². The number of carbonyl (C=O) groups excluding carboxylic acids is 7. The van der Waals surface area contributed by atoms with Crippen LogP contribution in [-0.2, 0) is 56.6 Å². The minimum absolute atomic E-state index is 0.0985. The van der Waals surface area contributed by atoms with Gasteiger partial charge < -0.3 is 50.5 Å². The van der Waals surface area contributed by atoms with E-state index in [1.807, 2.05) is 94.7 Å². The topological polar surface area (TPSA) is 241 Å². The maximum atomic E-state index is 13.3. The molecule has 2 saturated carbocycles. The molecule has 17 heteroatoms. The molecule has 5 amide bonds. The second kappa shape index (κ2) is 28.2. The average molecular weight is 1140 g/mol. The van der Waals surface area contributed by atoms with E-state index in [9.17, 15) is 48.9 Å². The van der Waals surface area contributed by atoms with Gasteiger partial charge in [0.15, 0.2) is 6.10 Å². The fourth-order valence-corrected chi connectivity index (χ4v) is 11.1. The van der Waals surface area contributed by atoms with E-state index >= 15 is 0 Å². The fourth-order valence-electron chi connectivity index (χ4n) is 11.1. The number of rotatable bonds is 19. The lowest BCUT2D eigenvalue weighted by Gasteiger charge is -2.39. The predicted molar refractivity (Wildman–Crippen MR) is 314 cm³/mol. The van der Waals surface area contributed by atoms with Gasteiger partial charge in [-0.05, 0) is 145 Å². The summed E-state index contributed by atoms with van der Waals surface area (Å²) in [5.74, 6) is -1.65. The maximum Gasteiger partial charge on any atom is 0.407 e. The van der Waals surface area contributed by atoms with Gasteiger partial charge in [-0.1, -0.05) is 127 Å². The second-order valence-electron chi connectivity index (χ2n) is 22.4. The summed E-state index contributed by atoms with van der Waals surface area (Å²) in [6.45, 7) is 3.57. The minimum Gasteiger partial charge on any atom is -0.445 e. The Morgan fingerprint density at radius 2 is 0.952 bits per heavy atom. The molecule has 0 bridgehead atoms. The van der Waals surface area contributed by atoms with Crippen LogP contribution in [0, 0.1) is 0 Å². The standard InChI is InChI=1S/C34H36N2O6.C33H37N3O6/c37-30(31(38)34(41)15-6-16-34)21-25-9-4-12-29(19-25)32(39)36-17-13-27(14-18-36)28-11-5-10-26(20-28)22-35-33(40)42-23-24-7-2-1-3-8-24;37-29(33(41)15-6-16-33)30(38)35-28-12-5-11-27(20-28)31(39)36-17-13-25(14-18-36)26-10-4-9-24(19-26)21-34-32(40)42-22-23-7-2-1-3-8-23/h1-5,7-12,19-20,27,41H,6,13-18,21-23H2,(H,35,40);1-5,7-12,19-20,25,29,37,41H,6,13-18,21-22H2,(H,34,40)(H,35,38). The first-order chi connectivity index (χ1) is 40.6. The highest BCUT2D eigenvalue weighted by molar-refractivity contribution is 6.40. The van der Waals surface area contributed by atoms with Crippen molar-refractivity contribution < 1.29 is 58.4 Å². The molecule has 4 fully saturated rings. The summed E-state index contributed by atoms with van der Waals surface area (Å²) in [5.41, 5.74) is 5.24. The molecular formula is C67H73N5O12. The van der Waals surface area contributed by atoms with Crippen molar-refractivity contribution in [2.75, 3.05) is 31.5 Å². The van der Waals surface area contributed by atoms with Crippen LogP contribution in [0.15, 0.2) is 158 Å². The molecule has 0 aromatic heterocycles. The SMILES string of the molecule is O=C(NCc1cccc(C2CCN(C(=O)c3cccc(CC(=O)C(=O)C4(O)CCC4)c3)CC2)c1)OCc1ccccc1.O=C(NCc1cccc(C2CCN(C(=O)c3cccc(NC(=O)C(O)C4(O)CCC4)c3)CC2)c1)OCc1ccccc1. The Morgan fingerprint density at radius 1 is 0.512 bits per heavy atom. The number of aliphatic hydroxyl groups is 3. The second-order valence-corrected chi connectivity index (χ2v) is 22.4. The van der Waals surface area contributed by atoms with Crippen molar-refractivity contribution >= 4 is 47.2 Å². The van der Waals surface area contributed by atoms with E-state index in [0.717, 1.165) is 60.8 Å². The molecule has 1 unspecified atom stereocenters. The molecule has 0 radical (unpaired) electrons. The van der Waals surface area contributed by atoms with E-state index in [0.29, 0.717) is 99.2 Å². The quantitative estimate of drug-likeness (QED) is 0.0416. The summed E-state index contributed by atoms with van der Waals surface area (Å²) < 4.78 is 10.6. The molecule has 2 aliphatic carbocycles. The van der Waals surface area contributed by atoms with Crippen LogP contribution in [0.4, 0.5) is 15.3 Å². The molecular weight excluding hydrogens is 1070 g/mol. The molecule has 438 valence electrons. The van der Waals surface area contributed by atoms with E-state index in [4.69, 9.17) is 9.47 Å². The molecule has 4 aliphatic rings. The monoisotopic (exact) mass is 1140 g/mol. The number of hydrogen-bond donors (Lipinski definition) is 6. The minimum atomic E-state index is -1.51. The number of likely N-dealkylation sites (tertiary alicyclic amines) is 2. The largest absolute Gasteiger partial charge is 0.445 e. The highest BCUT2D eigenvalue weighted by atomic mass is 16.6. The zero-order valence-corrected chi connectivity index (χ0v) is 47.1. The lowest BCUT2D eigenvalue weighted by molar-refractivity contribution is -0.154. The first-order valence-corrected chi connectivity index (χ1v) is 29.0. The van der Waals surface area contributed by atoms with Gasteiger partial charge in [-0.25, -0.2) is 9.59 Å². The number of ether oxygens (including phenoxy) is 2. The summed E-state index contributed by atoms with van der Waals surface area (Å²) in [5, 5.41) is 39.0. The van der Waals surface area contributed by atoms with Gasteiger partial charge >= 0.3 is 12.2 Å². The highest BCUT2D eigenvalue weighted by Crippen LogP contribution is 2.36. The van der Waals surface area contributed by atoms with E-state index in [1.165, 1.54) is 11.1 Å². The Bertz CT molecular complexity index is 3280. The summed E-state index contributed by atoms with van der Waals surface area (Å²) in [7, 11) is 0. The number of nitrogens with zero attached hydrogens (tertiary/aromatic N) is 2. The smallest absolute Gasteiger partial charge is 0.407 e. The van der Waals surface area contributed by atoms with E-state index in [1.54, 1.807) is 48.5 Å². The van der Waals surface area contributed by atoms with Crippen LogP contribution < -0.4 is 16.0 Å². The van der Waals surface area contributed by atoms with Crippen LogP contribution in [-0.4, -0.2) is 110 Å². The number of hydrogen-bond acceptors (Lipinski definition) is 12. The Kier molecular flexibility index (Phi) is 20.2. The number of nitrogens with one attached hydrogen (secondary N) is 3. The van der Waals surface area contributed by atoms with Crippen LogP contribution in [0.2, 0.25) is 0 Å². The number of ketones is 2. The summed E-state index contributed by atoms with van der Waals surface area (Å²) >= 11 is 0. The Hall–Kier alpha value is -8.51. The molecule has 6 aromatic rings. The molecule has 84 heavy (non-hydrogen) atoms. The fraction of sp³-hybridized carbons (Fsp3) is 0.358. The molecule has 6 N–H and O–H groups in total. The number of carbonyl (C=O) groups is 7. The van der Waals surface area contributed by atoms with Gasteiger partial charge in [0.05, 0.1) is 5.60 Å². The number of amides is 5. The first kappa shape index (κ1) is 60.1. The number of alkyl carbamates (subject to hydrolysis) is 2. The lowest BCUT2D eigenvalue weighted by atomic mass is 9.75. The molecule has 2 heterocycles. The zero-order valence-electron chi connectivity index (χ0n) is 47.1. The summed E-state index contributed by atoms with van der Waals surface area (Å²) in [6.07, 6.45) is 3.63. The van der Waals surface area contributed by atoms with Crippen molar-refractivity contribution in [2.24, 2.45) is 0 Å². The van der Waals surface area contributed by atoms with Gasteiger partial charge in [0.1, 0.15) is 18.8 Å². The van der Waals surface area contributed by atoms with Gasteiger partial charge in [-0.2, -0.15) is 0 Å². The molecule has 10 rings (SSSR count). The van der Waals surface area contributed by atoms with Gasteiger partial charge in [0.2, 0.25) is 11.6 Å². The Morgan fingerprint density at radius 3 is 1.42 bits per heavy atom. The molecule has 17 nitrogen and oxygen atoms in total. The van der Waals surface area contributed by atoms with Gasteiger partial charge in [0.25, 0.3) is 17.7 Å². The van der Waals surface area contributed by atoms with Crippen molar-refractivity contribution in [1.82, 2.24) is 20.4 Å². The van der Waals surface area contributed by atoms with Gasteiger partial charge in [-0.3, -0.25) is 24.0 Å². The molecule has 1 atom stereocenters. The predicted octanol–water partition coefficient (Wildman–Crippen LogP) is 9.08. The molecule has 0 spiro atoms. The van der Waals surface area contributed by atoms with Crippen LogP contribution in [0.3, 0.4) is 0 Å². The number of benzene rings is 6. The van der Waals surface area contributed by atoms with E-state index in [-0.39, 0.29) is 31.4 Å². The third-order valence-electron chi connectivity index (χ3n) is 16.5. The number of anilines is 1. The van der Waals surface area contributed by atoms with Crippen molar-refractivity contribution in [1.29, 1.82) is 0 Å².